The topological polar surface area (TPSA) is 44.1 Å². The van der Waals surface area contributed by atoms with Crippen molar-refractivity contribution in [3.05, 3.63) is 83.9 Å². The Morgan fingerprint density at radius 2 is 1.75 bits per heavy atom. The van der Waals surface area contributed by atoms with Gasteiger partial charge in [-0.15, -0.1) is 0 Å². The quantitative estimate of drug-likeness (QED) is 0.872. The predicted octanol–water partition coefficient (Wildman–Crippen LogP) is 3.44. The van der Waals surface area contributed by atoms with E-state index in [4.69, 9.17) is 0 Å². The summed E-state index contributed by atoms with van der Waals surface area (Å²) in [4.78, 5) is 15.2. The van der Waals surface area contributed by atoms with Gasteiger partial charge >= 0.3 is 0 Å². The standard InChI is InChI=1S/C21H18N2O/c22-14-17-13-21(18-9-5-2-6-10-18)20(24)12-11-19(17)23(21)15-16-7-3-1-4-8-16/h1-12,17,19H,13,15H2. The molecular weight excluding hydrogens is 296 g/mol. The zero-order valence-electron chi connectivity index (χ0n) is 13.3. The van der Waals surface area contributed by atoms with Crippen LogP contribution in [-0.2, 0) is 16.9 Å². The van der Waals surface area contributed by atoms with Gasteiger partial charge in [-0.1, -0.05) is 66.7 Å². The maximum Gasteiger partial charge on any atom is 0.180 e. The van der Waals surface area contributed by atoms with E-state index in [9.17, 15) is 10.1 Å². The van der Waals surface area contributed by atoms with Crippen molar-refractivity contribution < 1.29 is 4.79 Å². The molecule has 118 valence electrons. The third kappa shape index (κ3) is 2.11. The Balaban J connectivity index is 1.84. The second-order valence-corrected chi connectivity index (χ2v) is 6.49. The SMILES string of the molecule is N#CC1CC2(c3ccccc3)C(=O)C=CC1N2Cc1ccccc1. The van der Waals surface area contributed by atoms with Crippen molar-refractivity contribution in [2.75, 3.05) is 0 Å². The largest absolute Gasteiger partial charge is 0.292 e. The van der Waals surface area contributed by atoms with E-state index in [2.05, 4.69) is 23.1 Å². The smallest absolute Gasteiger partial charge is 0.180 e. The summed E-state index contributed by atoms with van der Waals surface area (Å²) < 4.78 is 0. The molecule has 24 heavy (non-hydrogen) atoms. The lowest BCUT2D eigenvalue weighted by molar-refractivity contribution is -0.127. The van der Waals surface area contributed by atoms with E-state index in [0.717, 1.165) is 11.1 Å². The molecular formula is C21H18N2O. The zero-order valence-corrected chi connectivity index (χ0v) is 13.3. The number of ketones is 1. The van der Waals surface area contributed by atoms with Gasteiger partial charge in [-0.3, -0.25) is 9.69 Å². The second-order valence-electron chi connectivity index (χ2n) is 6.49. The number of hydrogen-bond donors (Lipinski definition) is 0. The third-order valence-electron chi connectivity index (χ3n) is 5.24. The Bertz CT molecular complexity index is 822. The third-order valence-corrected chi connectivity index (χ3v) is 5.24. The van der Waals surface area contributed by atoms with E-state index in [0.29, 0.717) is 13.0 Å². The highest BCUT2D eigenvalue weighted by atomic mass is 16.1. The molecule has 2 heterocycles. The minimum Gasteiger partial charge on any atom is -0.292 e. The summed E-state index contributed by atoms with van der Waals surface area (Å²) >= 11 is 0. The minimum atomic E-state index is -0.725. The van der Waals surface area contributed by atoms with Gasteiger partial charge in [0.05, 0.1) is 12.0 Å². The number of benzene rings is 2. The molecule has 0 aliphatic carbocycles. The van der Waals surface area contributed by atoms with E-state index in [1.54, 1.807) is 6.08 Å². The Morgan fingerprint density at radius 3 is 2.42 bits per heavy atom. The highest BCUT2D eigenvalue weighted by Crippen LogP contribution is 2.49. The molecule has 0 spiro atoms. The Morgan fingerprint density at radius 1 is 1.08 bits per heavy atom. The summed E-state index contributed by atoms with van der Waals surface area (Å²) in [5, 5.41) is 9.62. The monoisotopic (exact) mass is 314 g/mol. The lowest BCUT2D eigenvalue weighted by Crippen LogP contribution is -2.51. The Labute approximate surface area is 141 Å². The van der Waals surface area contributed by atoms with Crippen LogP contribution in [-0.4, -0.2) is 16.7 Å². The summed E-state index contributed by atoms with van der Waals surface area (Å²) in [5.74, 6) is -0.0877. The summed E-state index contributed by atoms with van der Waals surface area (Å²) in [6.07, 6.45) is 4.14. The molecule has 2 aromatic carbocycles. The number of fused-ring (bicyclic) bond motifs is 2. The van der Waals surface area contributed by atoms with Crippen LogP contribution >= 0.6 is 0 Å². The van der Waals surface area contributed by atoms with E-state index >= 15 is 0 Å². The summed E-state index contributed by atoms with van der Waals surface area (Å²) in [7, 11) is 0. The summed E-state index contributed by atoms with van der Waals surface area (Å²) in [6.45, 7) is 0.661. The minimum absolute atomic E-state index is 0.0203. The molecule has 0 saturated carbocycles. The first-order valence-corrected chi connectivity index (χ1v) is 8.24. The molecule has 3 atom stereocenters. The Kier molecular flexibility index (Phi) is 3.55. The number of carbonyl (C=O) groups is 1. The highest BCUT2D eigenvalue weighted by Gasteiger charge is 2.57. The molecule has 2 aromatic rings. The van der Waals surface area contributed by atoms with Gasteiger partial charge in [-0.05, 0) is 23.6 Å². The first-order valence-electron chi connectivity index (χ1n) is 8.24. The fourth-order valence-electron chi connectivity index (χ4n) is 4.11. The van der Waals surface area contributed by atoms with Crippen LogP contribution < -0.4 is 0 Å². The number of carbonyl (C=O) groups excluding carboxylic acids is 1. The van der Waals surface area contributed by atoms with Crippen molar-refractivity contribution in [2.24, 2.45) is 5.92 Å². The van der Waals surface area contributed by atoms with Crippen LogP contribution in [0.1, 0.15) is 17.5 Å². The van der Waals surface area contributed by atoms with Crippen LogP contribution in [0.3, 0.4) is 0 Å². The summed E-state index contributed by atoms with van der Waals surface area (Å²) in [6, 6.07) is 22.4. The van der Waals surface area contributed by atoms with Crippen LogP contribution in [0.25, 0.3) is 0 Å². The molecule has 3 heteroatoms. The lowest BCUT2D eigenvalue weighted by Gasteiger charge is -2.41. The fourth-order valence-corrected chi connectivity index (χ4v) is 4.11. The number of rotatable bonds is 3. The molecule has 0 radical (unpaired) electrons. The lowest BCUT2D eigenvalue weighted by atomic mass is 9.81. The van der Waals surface area contributed by atoms with Crippen molar-refractivity contribution in [1.29, 1.82) is 5.26 Å². The normalized spacial score (nSPS) is 28.7. The maximum absolute atomic E-state index is 13.0. The summed E-state index contributed by atoms with van der Waals surface area (Å²) in [5.41, 5.74) is 1.42. The number of nitrogens with zero attached hydrogens (tertiary/aromatic N) is 2. The van der Waals surface area contributed by atoms with Crippen LogP contribution in [0.15, 0.2) is 72.8 Å². The van der Waals surface area contributed by atoms with Crippen LogP contribution in [0.5, 0.6) is 0 Å². The Hall–Kier alpha value is -2.70. The van der Waals surface area contributed by atoms with Gasteiger partial charge in [0.2, 0.25) is 0 Å². The molecule has 0 N–H and O–H groups in total. The van der Waals surface area contributed by atoms with Crippen LogP contribution in [0.4, 0.5) is 0 Å². The molecule has 1 fully saturated rings. The van der Waals surface area contributed by atoms with E-state index in [1.807, 2.05) is 54.6 Å². The van der Waals surface area contributed by atoms with Crippen molar-refractivity contribution >= 4 is 5.78 Å². The van der Waals surface area contributed by atoms with E-state index in [-0.39, 0.29) is 17.7 Å². The second kappa shape index (κ2) is 5.74. The maximum atomic E-state index is 13.0. The number of hydrogen-bond acceptors (Lipinski definition) is 3. The van der Waals surface area contributed by atoms with E-state index < -0.39 is 5.54 Å². The van der Waals surface area contributed by atoms with Gasteiger partial charge in [0.1, 0.15) is 5.54 Å². The molecule has 2 aliphatic rings. The van der Waals surface area contributed by atoms with Crippen molar-refractivity contribution in [3.63, 3.8) is 0 Å². The van der Waals surface area contributed by atoms with Crippen LogP contribution in [0, 0.1) is 17.2 Å². The molecule has 2 bridgehead atoms. The van der Waals surface area contributed by atoms with Gasteiger partial charge in [0.15, 0.2) is 5.78 Å². The average molecular weight is 314 g/mol. The predicted molar refractivity (Wildman–Crippen MR) is 91.8 cm³/mol. The first kappa shape index (κ1) is 14.9. The van der Waals surface area contributed by atoms with Gasteiger partial charge in [0, 0.05) is 12.6 Å². The number of nitriles is 1. The first-order chi connectivity index (χ1) is 11.8. The molecule has 1 saturated heterocycles. The van der Waals surface area contributed by atoms with E-state index in [1.165, 1.54) is 0 Å². The van der Waals surface area contributed by atoms with Gasteiger partial charge in [0.25, 0.3) is 0 Å². The highest BCUT2D eigenvalue weighted by molar-refractivity contribution is 6.00. The molecule has 2 aliphatic heterocycles. The molecule has 4 rings (SSSR count). The van der Waals surface area contributed by atoms with Crippen molar-refractivity contribution in [2.45, 2.75) is 24.5 Å². The van der Waals surface area contributed by atoms with Gasteiger partial charge in [-0.25, -0.2) is 0 Å². The van der Waals surface area contributed by atoms with Gasteiger partial charge in [-0.2, -0.15) is 5.26 Å². The van der Waals surface area contributed by atoms with Crippen LogP contribution in [0.2, 0.25) is 0 Å². The zero-order chi connectivity index (χ0) is 16.6. The molecule has 0 amide bonds. The van der Waals surface area contributed by atoms with Crippen molar-refractivity contribution in [1.82, 2.24) is 4.90 Å². The molecule has 3 unspecified atom stereocenters. The molecule has 3 nitrogen and oxygen atoms in total. The van der Waals surface area contributed by atoms with Crippen molar-refractivity contribution in [3.8, 4) is 6.07 Å². The average Bonchev–Trinajstić information content (AvgIpc) is 2.86. The fraction of sp³-hybridized carbons (Fsp3) is 0.238. The molecule has 0 aromatic heterocycles. The van der Waals surface area contributed by atoms with Gasteiger partial charge < -0.3 is 0 Å².